The molecule has 0 heterocycles. The van der Waals surface area contributed by atoms with Crippen LogP contribution in [0, 0.1) is 0 Å². The van der Waals surface area contributed by atoms with Gasteiger partial charge >= 0.3 is 37.0 Å². The fraction of sp³-hybridized carbons (Fsp3) is 0.222. The number of hydrogen-bond acceptors (Lipinski definition) is 2. The first kappa shape index (κ1) is 17.4. The second-order valence-corrected chi connectivity index (χ2v) is 6.62. The monoisotopic (exact) mass is 408 g/mol. The van der Waals surface area contributed by atoms with Crippen molar-refractivity contribution in [3.8, 4) is 5.75 Å². The Kier molecular flexibility index (Phi) is 13.0. The molecule has 1 rings (SSSR count). The molecule has 0 atom stereocenters. The number of benzene rings is 1. The number of para-hydroxylation sites is 1. The largest absolute Gasteiger partial charge is 0.507 e. The Labute approximate surface area is 128 Å². The Morgan fingerprint density at radius 2 is 1.93 bits per heavy atom. The summed E-state index contributed by atoms with van der Waals surface area (Å²) in [6.07, 6.45) is 0. The molecule has 0 aliphatic carbocycles. The quantitative estimate of drug-likeness (QED) is 0.553. The van der Waals surface area contributed by atoms with Gasteiger partial charge in [-0.25, -0.2) is 0 Å². The zero-order valence-corrected chi connectivity index (χ0v) is 16.9. The molecular weight excluding hydrogens is 396 g/mol. The van der Waals surface area contributed by atoms with E-state index in [1.54, 1.807) is 12.1 Å². The first-order chi connectivity index (χ1) is 6.13. The Balaban J connectivity index is 0. The predicted octanol–water partition coefficient (Wildman–Crippen LogP) is 2.05. The van der Waals surface area contributed by atoms with Gasteiger partial charge in [-0.1, -0.05) is 12.1 Å². The summed E-state index contributed by atoms with van der Waals surface area (Å²) in [5.74, 6) is -0.0255. The molecule has 14 heavy (non-hydrogen) atoms. The van der Waals surface area contributed by atoms with Crippen LogP contribution in [0.3, 0.4) is 0 Å². The molecule has 1 radical (unpaired) electrons. The predicted molar refractivity (Wildman–Crippen MR) is 57.7 cm³/mol. The van der Waals surface area contributed by atoms with E-state index in [0.29, 0.717) is 0 Å². The average Bonchev–Trinajstić information content (AvgIpc) is 2.06. The minimum Gasteiger partial charge on any atom is -0.507 e. The van der Waals surface area contributed by atoms with Gasteiger partial charge in [0.1, 0.15) is 5.75 Å². The second-order valence-electron chi connectivity index (χ2n) is 2.32. The van der Waals surface area contributed by atoms with E-state index in [4.69, 9.17) is 5.11 Å². The minimum atomic E-state index is -0.418. The van der Waals surface area contributed by atoms with Crippen LogP contribution >= 0.6 is 12.6 Å². The molecular formula is C9H11HgNaO2S. The van der Waals surface area contributed by atoms with Crippen molar-refractivity contribution in [3.05, 3.63) is 29.8 Å². The van der Waals surface area contributed by atoms with Gasteiger partial charge in [0.15, 0.2) is 0 Å². The Morgan fingerprint density at radius 1 is 1.50 bits per heavy atom. The zero-order valence-electron chi connectivity index (χ0n) is 8.53. The van der Waals surface area contributed by atoms with E-state index < -0.39 is 5.12 Å². The van der Waals surface area contributed by atoms with Crippen molar-refractivity contribution in [1.29, 1.82) is 0 Å². The van der Waals surface area contributed by atoms with Gasteiger partial charge in [-0.3, -0.25) is 4.79 Å². The van der Waals surface area contributed by atoms with Crippen LogP contribution in [0.2, 0.25) is 3.93 Å². The van der Waals surface area contributed by atoms with Gasteiger partial charge in [-0.2, -0.15) is 0 Å². The van der Waals surface area contributed by atoms with Crippen LogP contribution in [-0.2, 0) is 26.1 Å². The van der Waals surface area contributed by atoms with E-state index in [-0.39, 0.29) is 40.9 Å². The van der Waals surface area contributed by atoms with Crippen LogP contribution < -0.4 is 0 Å². The van der Waals surface area contributed by atoms with Crippen LogP contribution in [0.15, 0.2) is 24.3 Å². The molecule has 0 bridgehead atoms. The summed E-state index contributed by atoms with van der Waals surface area (Å²) in [4.78, 5) is 10.6. The molecule has 0 spiro atoms. The summed E-state index contributed by atoms with van der Waals surface area (Å²) < 4.78 is 1.44. The third-order valence-corrected chi connectivity index (χ3v) is 1.38. The zero-order chi connectivity index (χ0) is 10.3. The molecule has 0 unspecified atom stereocenters. The minimum absolute atomic E-state index is 0. The molecule has 68 valence electrons. The molecule has 0 aromatic heterocycles. The number of carbonyl (C=O) groups excluding carboxylic acids is 1. The number of carbonyl (C=O) groups is 1. The maximum absolute atomic E-state index is 10.6. The topological polar surface area (TPSA) is 37.3 Å². The van der Waals surface area contributed by atoms with Gasteiger partial charge in [0.05, 0.1) is 5.56 Å². The summed E-state index contributed by atoms with van der Waals surface area (Å²) >= 11 is 4.62. The van der Waals surface area contributed by atoms with Gasteiger partial charge in [0.2, 0.25) is 5.12 Å². The molecule has 1 aromatic carbocycles. The molecule has 0 saturated heterocycles. The number of phenols is 1. The molecule has 0 saturated carbocycles. The Morgan fingerprint density at radius 3 is 2.21 bits per heavy atom. The number of phenolic OH excluding ortho intramolecular Hbond substituents is 1. The van der Waals surface area contributed by atoms with E-state index in [0.717, 1.165) is 26.1 Å². The standard InChI is InChI=1S/C7H6O2S.C2H5.Hg.Na/c8-6-4-2-1-3-5(6)7(9)10;1-2;;/h1-4,8H,(H,9,10);1H2,2H3;;. The maximum atomic E-state index is 10.6. The number of hydrogen-bond donors (Lipinski definition) is 2. The van der Waals surface area contributed by atoms with Gasteiger partial charge < -0.3 is 5.11 Å². The van der Waals surface area contributed by atoms with E-state index in [2.05, 4.69) is 19.6 Å². The normalized spacial score (nSPS) is 8.00. The van der Waals surface area contributed by atoms with E-state index in [9.17, 15) is 4.79 Å². The number of rotatable bonds is 1. The molecule has 2 nitrogen and oxygen atoms in total. The molecule has 1 N–H and O–H groups in total. The first-order valence-corrected chi connectivity index (χ1v) is 8.27. The summed E-state index contributed by atoms with van der Waals surface area (Å²) in [6.45, 7) is 2.21. The summed E-state index contributed by atoms with van der Waals surface area (Å²) in [7, 11) is 0. The maximum Gasteiger partial charge on any atom is 0.220 e. The second kappa shape index (κ2) is 10.5. The van der Waals surface area contributed by atoms with E-state index >= 15 is 0 Å². The summed E-state index contributed by atoms with van der Waals surface area (Å²) in [6, 6.07) is 6.28. The van der Waals surface area contributed by atoms with Crippen LogP contribution in [0.25, 0.3) is 0 Å². The van der Waals surface area contributed by atoms with Crippen molar-refractivity contribution in [2.24, 2.45) is 0 Å². The summed E-state index contributed by atoms with van der Waals surface area (Å²) in [5.41, 5.74) is 0.242. The molecule has 1 aromatic rings. The average molecular weight is 407 g/mol. The van der Waals surface area contributed by atoms with Gasteiger partial charge in [0, 0.05) is 29.6 Å². The molecule has 0 fully saturated rings. The van der Waals surface area contributed by atoms with Crippen molar-refractivity contribution in [1.82, 2.24) is 0 Å². The van der Waals surface area contributed by atoms with E-state index in [1.165, 1.54) is 16.1 Å². The van der Waals surface area contributed by atoms with Crippen molar-refractivity contribution in [3.63, 3.8) is 0 Å². The van der Waals surface area contributed by atoms with Crippen LogP contribution in [0.5, 0.6) is 5.75 Å². The van der Waals surface area contributed by atoms with Crippen LogP contribution in [0.1, 0.15) is 17.3 Å². The Bertz CT molecular complexity index is 281. The van der Waals surface area contributed by atoms with Gasteiger partial charge in [0.25, 0.3) is 0 Å². The smallest absolute Gasteiger partial charge is 0.220 e. The van der Waals surface area contributed by atoms with Gasteiger partial charge in [-0.05, 0) is 12.1 Å². The molecule has 5 heteroatoms. The van der Waals surface area contributed by atoms with Gasteiger partial charge in [-0.15, -0.1) is 12.6 Å². The van der Waals surface area contributed by atoms with Crippen LogP contribution in [0.4, 0.5) is 0 Å². The Hall–Kier alpha value is 0.975. The number of thiol groups is 1. The fourth-order valence-corrected chi connectivity index (χ4v) is 0.844. The molecule has 0 amide bonds. The third kappa shape index (κ3) is 7.29. The number of aromatic hydroxyl groups is 1. The third-order valence-electron chi connectivity index (χ3n) is 1.13. The first-order valence-electron chi connectivity index (χ1n) is 3.94. The summed E-state index contributed by atoms with van der Waals surface area (Å²) in [5, 5.41) is 8.59. The van der Waals surface area contributed by atoms with E-state index in [1.807, 2.05) is 0 Å². The SMILES string of the molecule is C[CH2][Hg].O=C(S)c1ccccc1O.[Na]. The molecule has 0 aliphatic heterocycles. The van der Waals surface area contributed by atoms with Crippen molar-refractivity contribution in [2.45, 2.75) is 10.9 Å². The fourth-order valence-electron chi connectivity index (χ4n) is 0.654. The van der Waals surface area contributed by atoms with Crippen molar-refractivity contribution in [2.75, 3.05) is 0 Å². The molecule has 0 aliphatic rings. The van der Waals surface area contributed by atoms with Crippen molar-refractivity contribution >= 4 is 47.3 Å². The van der Waals surface area contributed by atoms with Crippen molar-refractivity contribution < 1.29 is 36.0 Å². The van der Waals surface area contributed by atoms with Crippen LogP contribution in [-0.4, -0.2) is 39.8 Å².